The zero-order chi connectivity index (χ0) is 6.95. The second-order valence-corrected chi connectivity index (χ2v) is 1.26. The second kappa shape index (κ2) is 11.1. The molecule has 1 aromatic carbocycles. The van der Waals surface area contributed by atoms with Crippen LogP contribution in [0.25, 0.3) is 0 Å². The van der Waals surface area contributed by atoms with Crippen molar-refractivity contribution < 1.29 is 27.0 Å². The average Bonchev–Trinajstić information content (AvgIpc) is 1.93. The number of benzene rings is 1. The molecule has 0 spiro atoms. The first-order valence-electron chi connectivity index (χ1n) is 2.49. The van der Waals surface area contributed by atoms with Gasteiger partial charge < -0.3 is 5.11 Å². The van der Waals surface area contributed by atoms with Crippen LogP contribution < -0.4 is 0 Å². The van der Waals surface area contributed by atoms with Gasteiger partial charge >= 0.3 is 0 Å². The predicted octanol–water partition coefficient (Wildman–Crippen LogP) is 1.38. The molecule has 0 fully saturated rings. The minimum absolute atomic E-state index is 0. The first kappa shape index (κ1) is 11.9. The second-order valence-electron chi connectivity index (χ2n) is 1.26. The summed E-state index contributed by atoms with van der Waals surface area (Å²) in [5.74, 6) is 0. The molecular weight excluding hydrogens is 171 g/mol. The third-order valence-corrected chi connectivity index (χ3v) is 0.667. The molecule has 55 valence electrons. The quantitative estimate of drug-likeness (QED) is 0.482. The van der Waals surface area contributed by atoms with Gasteiger partial charge in [-0.15, -0.1) is 0 Å². The van der Waals surface area contributed by atoms with E-state index in [1.54, 1.807) is 0 Å². The van der Waals surface area contributed by atoms with Crippen molar-refractivity contribution in [1.82, 2.24) is 0 Å². The molecule has 0 saturated heterocycles. The van der Waals surface area contributed by atoms with Gasteiger partial charge in [0.05, 0.1) is 0 Å². The minimum atomic E-state index is -0.250. The van der Waals surface area contributed by atoms with Gasteiger partial charge in [-0.25, -0.2) is 0 Å². The molecule has 0 aliphatic heterocycles. The van der Waals surface area contributed by atoms with Crippen molar-refractivity contribution in [3.05, 3.63) is 36.4 Å². The topological polar surface area (TPSA) is 37.3 Å². The Morgan fingerprint density at radius 1 is 0.900 bits per heavy atom. The first-order chi connectivity index (χ1) is 4.41. The summed E-state index contributed by atoms with van der Waals surface area (Å²) in [4.78, 5) is 8.36. The molecule has 0 aliphatic rings. The van der Waals surface area contributed by atoms with E-state index in [-0.39, 0.29) is 23.5 Å². The van der Waals surface area contributed by atoms with Gasteiger partial charge in [0.1, 0.15) is 0 Å². The molecule has 0 atom stereocenters. The average molecular weight is 179 g/mol. The Labute approximate surface area is 70.4 Å². The molecule has 0 heterocycles. The van der Waals surface area contributed by atoms with E-state index in [1.807, 2.05) is 36.4 Å². The zero-order valence-corrected chi connectivity index (χ0v) is 6.46. The molecule has 1 radical (unpaired) electrons. The number of rotatable bonds is 0. The van der Waals surface area contributed by atoms with Crippen molar-refractivity contribution in [2.24, 2.45) is 0 Å². The minimum Gasteiger partial charge on any atom is -0.483 e. The van der Waals surface area contributed by atoms with Crippen LogP contribution in [0.15, 0.2) is 36.4 Å². The molecule has 10 heavy (non-hydrogen) atoms. The van der Waals surface area contributed by atoms with Crippen molar-refractivity contribution in [2.75, 3.05) is 0 Å². The maximum atomic E-state index is 8.36. The summed E-state index contributed by atoms with van der Waals surface area (Å²) in [6, 6.07) is 12.0. The monoisotopic (exact) mass is 179 g/mol. The van der Waals surface area contributed by atoms with Crippen LogP contribution in [0.5, 0.6) is 0 Å². The Hall–Kier alpha value is -0.791. The van der Waals surface area contributed by atoms with Gasteiger partial charge in [0, 0.05) is 17.1 Å². The van der Waals surface area contributed by atoms with Crippen molar-refractivity contribution in [3.63, 3.8) is 0 Å². The summed E-state index contributed by atoms with van der Waals surface area (Å²) in [5.41, 5.74) is 0. The third-order valence-electron chi connectivity index (χ3n) is 0.667. The van der Waals surface area contributed by atoms with Crippen LogP contribution >= 0.6 is 0 Å². The van der Waals surface area contributed by atoms with E-state index in [0.717, 1.165) is 0 Å². The smallest absolute Gasteiger partial charge is 0.290 e. The predicted molar refractivity (Wildman–Crippen MR) is 35.1 cm³/mol. The van der Waals surface area contributed by atoms with Gasteiger partial charge in [-0.2, -0.15) is 0 Å². The molecule has 0 bridgehead atoms. The van der Waals surface area contributed by atoms with Crippen LogP contribution in [0.2, 0.25) is 0 Å². The van der Waals surface area contributed by atoms with E-state index in [9.17, 15) is 0 Å². The van der Waals surface area contributed by atoms with Crippen molar-refractivity contribution in [1.29, 1.82) is 0 Å². The van der Waals surface area contributed by atoms with Gasteiger partial charge in [0.2, 0.25) is 0 Å². The van der Waals surface area contributed by atoms with Crippen LogP contribution in [0, 0.1) is 0 Å². The molecule has 0 aromatic heterocycles. The third kappa shape index (κ3) is 10.2. The number of carboxylic acid groups (broad SMARTS) is 1. The summed E-state index contributed by atoms with van der Waals surface area (Å²) >= 11 is 0. The van der Waals surface area contributed by atoms with E-state index in [1.165, 1.54) is 0 Å². The molecule has 0 unspecified atom stereocenters. The molecule has 0 amide bonds. The summed E-state index contributed by atoms with van der Waals surface area (Å²) in [6.45, 7) is -0.250. The van der Waals surface area contributed by atoms with E-state index >= 15 is 0 Å². The molecule has 0 saturated carbocycles. The summed E-state index contributed by atoms with van der Waals surface area (Å²) in [6.07, 6.45) is 0. The summed E-state index contributed by atoms with van der Waals surface area (Å²) in [5, 5.41) is 6.89. The van der Waals surface area contributed by atoms with Crippen LogP contribution in [0.3, 0.4) is 0 Å². The van der Waals surface area contributed by atoms with Crippen molar-refractivity contribution in [3.8, 4) is 0 Å². The fourth-order valence-corrected chi connectivity index (χ4v) is 0.385. The molecule has 1 aromatic rings. The number of carbonyl (C=O) groups is 1. The fourth-order valence-electron chi connectivity index (χ4n) is 0.385. The van der Waals surface area contributed by atoms with E-state index in [4.69, 9.17) is 9.90 Å². The van der Waals surface area contributed by atoms with Crippen LogP contribution in [0.1, 0.15) is 0 Å². The van der Waals surface area contributed by atoms with Crippen molar-refractivity contribution >= 4 is 6.47 Å². The van der Waals surface area contributed by atoms with Crippen LogP contribution in [0.4, 0.5) is 0 Å². The van der Waals surface area contributed by atoms with Gasteiger partial charge in [-0.05, 0) is 0 Å². The molecule has 1 N–H and O–H groups in total. The Bertz CT molecular complexity index is 115. The Balaban J connectivity index is 0. The maximum Gasteiger partial charge on any atom is 0.290 e. The summed E-state index contributed by atoms with van der Waals surface area (Å²) < 4.78 is 0. The zero-order valence-electron chi connectivity index (χ0n) is 5.27. The Morgan fingerprint density at radius 3 is 1.10 bits per heavy atom. The maximum absolute atomic E-state index is 8.36. The molecular formula is C7H8MnO2. The van der Waals surface area contributed by atoms with Gasteiger partial charge in [-0.3, -0.25) is 4.79 Å². The Kier molecular flexibility index (Phi) is 13.2. The molecule has 2 nitrogen and oxygen atoms in total. The first-order valence-corrected chi connectivity index (χ1v) is 2.49. The molecule has 0 aliphatic carbocycles. The van der Waals surface area contributed by atoms with Crippen LogP contribution in [-0.2, 0) is 21.9 Å². The number of hydrogen-bond acceptors (Lipinski definition) is 1. The van der Waals surface area contributed by atoms with Gasteiger partial charge in [-0.1, -0.05) is 36.4 Å². The SMILES string of the molecule is O=CO.[Mn].c1ccccc1. The Morgan fingerprint density at radius 2 is 1.00 bits per heavy atom. The van der Waals surface area contributed by atoms with Gasteiger partial charge in [0.15, 0.2) is 0 Å². The van der Waals surface area contributed by atoms with Crippen molar-refractivity contribution in [2.45, 2.75) is 0 Å². The van der Waals surface area contributed by atoms with E-state index in [0.29, 0.717) is 0 Å². The summed E-state index contributed by atoms with van der Waals surface area (Å²) in [7, 11) is 0. The van der Waals surface area contributed by atoms with Crippen LogP contribution in [-0.4, -0.2) is 11.6 Å². The largest absolute Gasteiger partial charge is 0.483 e. The molecule has 1 rings (SSSR count). The standard InChI is InChI=1S/C6H6.CH2O2.Mn/c1-2-4-6-5-3-1;2-1-3;/h1-6H;1H,(H,2,3);. The van der Waals surface area contributed by atoms with E-state index in [2.05, 4.69) is 0 Å². The van der Waals surface area contributed by atoms with E-state index < -0.39 is 0 Å². The normalized spacial score (nSPS) is 6.00. The molecule has 3 heteroatoms. The number of hydrogen-bond donors (Lipinski definition) is 1. The van der Waals surface area contributed by atoms with Gasteiger partial charge in [0.25, 0.3) is 6.47 Å². The fraction of sp³-hybridized carbons (Fsp3) is 0.